The van der Waals surface area contributed by atoms with Crippen LogP contribution in [0.2, 0.25) is 0 Å². The first kappa shape index (κ1) is 19.8. The van der Waals surface area contributed by atoms with Crippen molar-refractivity contribution in [1.82, 2.24) is 10.7 Å². The highest BCUT2D eigenvalue weighted by Gasteiger charge is 2.27. The lowest BCUT2D eigenvalue weighted by molar-refractivity contribution is 0.224. The molecule has 5 nitrogen and oxygen atoms in total. The molecule has 25 heavy (non-hydrogen) atoms. The van der Waals surface area contributed by atoms with E-state index in [1.807, 2.05) is 6.92 Å². The van der Waals surface area contributed by atoms with Crippen LogP contribution in [0.4, 0.5) is 0 Å². The molecule has 3 atom stereocenters. The van der Waals surface area contributed by atoms with E-state index in [1.54, 1.807) is 24.3 Å². The van der Waals surface area contributed by atoms with Gasteiger partial charge < -0.3 is 5.32 Å². The van der Waals surface area contributed by atoms with Crippen molar-refractivity contribution in [3.8, 4) is 0 Å². The van der Waals surface area contributed by atoms with Gasteiger partial charge in [-0.15, -0.1) is 0 Å². The van der Waals surface area contributed by atoms with E-state index in [4.69, 9.17) is 12.2 Å². The lowest BCUT2D eigenvalue weighted by Crippen LogP contribution is -2.46. The molecular weight excluding hydrogens is 354 g/mol. The molecule has 1 aromatic rings. The maximum Gasteiger partial charge on any atom is 0.187 e. The zero-order valence-corrected chi connectivity index (χ0v) is 16.9. The van der Waals surface area contributed by atoms with E-state index in [0.29, 0.717) is 27.9 Å². The minimum absolute atomic E-state index is 0.301. The van der Waals surface area contributed by atoms with Crippen LogP contribution < -0.4 is 10.7 Å². The highest BCUT2D eigenvalue weighted by Crippen LogP contribution is 2.29. The summed E-state index contributed by atoms with van der Waals surface area (Å²) in [5.74, 6) is 1.29. The second-order valence-corrected chi connectivity index (χ2v) is 9.38. The second kappa shape index (κ2) is 8.27. The van der Waals surface area contributed by atoms with Crippen LogP contribution in [0.1, 0.15) is 45.6 Å². The van der Waals surface area contributed by atoms with Gasteiger partial charge in [0.25, 0.3) is 0 Å². The van der Waals surface area contributed by atoms with Gasteiger partial charge in [-0.25, -0.2) is 8.42 Å². The van der Waals surface area contributed by atoms with Crippen molar-refractivity contribution in [2.75, 3.05) is 6.26 Å². The Labute approximate surface area is 156 Å². The van der Waals surface area contributed by atoms with Crippen molar-refractivity contribution in [2.24, 2.45) is 16.9 Å². The summed E-state index contributed by atoms with van der Waals surface area (Å²) in [6.45, 7) is 6.41. The molecule has 1 aromatic carbocycles. The number of hydrogen-bond donors (Lipinski definition) is 2. The molecule has 0 aromatic heterocycles. The van der Waals surface area contributed by atoms with Gasteiger partial charge in [-0.05, 0) is 55.1 Å². The Morgan fingerprint density at radius 3 is 2.44 bits per heavy atom. The quantitative estimate of drug-likeness (QED) is 0.476. The van der Waals surface area contributed by atoms with Crippen LogP contribution in [0, 0.1) is 11.8 Å². The van der Waals surface area contributed by atoms with Crippen LogP contribution in [-0.4, -0.2) is 31.5 Å². The van der Waals surface area contributed by atoms with E-state index in [2.05, 4.69) is 29.7 Å². The second-order valence-electron chi connectivity index (χ2n) is 6.95. The maximum absolute atomic E-state index is 11.5. The van der Waals surface area contributed by atoms with Gasteiger partial charge in [-0.1, -0.05) is 38.8 Å². The van der Waals surface area contributed by atoms with Crippen molar-refractivity contribution in [3.05, 3.63) is 29.8 Å². The normalized spacial score (nSPS) is 24.6. The standard InChI is InChI=1S/C18H27N3O2S2/c1-12-6-5-7-17(13(12)2)19-18(24)21-20-14(3)15-8-10-16(11-9-15)25(4,22)23/h8-13,17H,5-7H2,1-4H3,(H2,19,21,24)/b20-14-/t12-,13-,17-/m1/s1. The third kappa shape index (κ3) is 5.51. The number of benzene rings is 1. The molecule has 138 valence electrons. The number of rotatable bonds is 4. The lowest BCUT2D eigenvalue weighted by atomic mass is 9.78. The molecule has 0 unspecified atom stereocenters. The molecule has 7 heteroatoms. The molecule has 1 aliphatic carbocycles. The number of hydrazone groups is 1. The van der Waals surface area contributed by atoms with E-state index in [1.165, 1.54) is 19.1 Å². The van der Waals surface area contributed by atoms with E-state index >= 15 is 0 Å². The van der Waals surface area contributed by atoms with Gasteiger partial charge in [0, 0.05) is 12.3 Å². The van der Waals surface area contributed by atoms with E-state index in [9.17, 15) is 8.42 Å². The summed E-state index contributed by atoms with van der Waals surface area (Å²) in [4.78, 5) is 0.301. The number of thiocarbonyl (C=S) groups is 1. The summed E-state index contributed by atoms with van der Waals surface area (Å²) >= 11 is 5.36. The molecular formula is C18H27N3O2S2. The van der Waals surface area contributed by atoms with Crippen LogP contribution in [0.15, 0.2) is 34.3 Å². The molecule has 0 bridgehead atoms. The number of hydrogen-bond acceptors (Lipinski definition) is 4. The predicted molar refractivity (Wildman–Crippen MR) is 107 cm³/mol. The fourth-order valence-electron chi connectivity index (χ4n) is 3.13. The molecule has 0 amide bonds. The SMILES string of the molecule is C/C(=N/NC(=S)N[C@@H]1CCC[C@@H](C)[C@H]1C)c1ccc(S(C)(=O)=O)cc1. The van der Waals surface area contributed by atoms with Gasteiger partial charge >= 0.3 is 0 Å². The number of sulfone groups is 1. The van der Waals surface area contributed by atoms with Crippen LogP contribution >= 0.6 is 12.2 Å². The van der Waals surface area contributed by atoms with E-state index < -0.39 is 9.84 Å². The molecule has 2 N–H and O–H groups in total. The molecule has 0 radical (unpaired) electrons. The summed E-state index contributed by atoms with van der Waals surface area (Å²) in [6.07, 6.45) is 4.83. The Morgan fingerprint density at radius 2 is 1.84 bits per heavy atom. The Bertz CT molecular complexity index is 742. The van der Waals surface area contributed by atoms with Gasteiger partial charge in [0.2, 0.25) is 0 Å². The van der Waals surface area contributed by atoms with Gasteiger partial charge in [-0.2, -0.15) is 5.10 Å². The smallest absolute Gasteiger partial charge is 0.187 e. The Morgan fingerprint density at radius 1 is 1.20 bits per heavy atom. The summed E-state index contributed by atoms with van der Waals surface area (Å²) in [5, 5.41) is 8.20. The third-order valence-electron chi connectivity index (χ3n) is 5.05. The minimum atomic E-state index is -3.18. The van der Waals surface area contributed by atoms with Crippen LogP contribution in [-0.2, 0) is 9.84 Å². The summed E-state index contributed by atoms with van der Waals surface area (Å²) in [6, 6.07) is 7.06. The molecule has 0 heterocycles. The summed E-state index contributed by atoms with van der Waals surface area (Å²) in [7, 11) is -3.18. The first-order valence-corrected chi connectivity index (χ1v) is 10.9. The molecule has 0 saturated heterocycles. The van der Waals surface area contributed by atoms with Crippen LogP contribution in [0.25, 0.3) is 0 Å². The zero-order valence-electron chi connectivity index (χ0n) is 15.2. The fourth-order valence-corrected chi connectivity index (χ4v) is 3.96. The zero-order chi connectivity index (χ0) is 18.6. The van der Waals surface area contributed by atoms with Gasteiger partial charge in [0.1, 0.15) is 0 Å². The van der Waals surface area contributed by atoms with Crippen LogP contribution in [0.5, 0.6) is 0 Å². The fraction of sp³-hybridized carbons (Fsp3) is 0.556. The topological polar surface area (TPSA) is 70.6 Å². The largest absolute Gasteiger partial charge is 0.358 e. The molecule has 0 aliphatic heterocycles. The van der Waals surface area contributed by atoms with Gasteiger partial charge in [-0.3, -0.25) is 5.43 Å². The Hall–Kier alpha value is -1.47. The minimum Gasteiger partial charge on any atom is -0.358 e. The number of nitrogens with zero attached hydrogens (tertiary/aromatic N) is 1. The summed E-state index contributed by atoms with van der Waals surface area (Å²) < 4.78 is 23.0. The molecule has 1 fully saturated rings. The van der Waals surface area contributed by atoms with Crippen molar-refractivity contribution >= 4 is 32.9 Å². The number of nitrogens with one attached hydrogen (secondary N) is 2. The van der Waals surface area contributed by atoms with Crippen molar-refractivity contribution < 1.29 is 8.42 Å². The molecule has 2 rings (SSSR count). The Balaban J connectivity index is 1.95. The van der Waals surface area contributed by atoms with E-state index in [-0.39, 0.29) is 0 Å². The molecule has 1 aliphatic rings. The molecule has 0 spiro atoms. The average molecular weight is 382 g/mol. The lowest BCUT2D eigenvalue weighted by Gasteiger charge is -2.35. The highest BCUT2D eigenvalue weighted by molar-refractivity contribution is 7.90. The van der Waals surface area contributed by atoms with Crippen molar-refractivity contribution in [1.29, 1.82) is 0 Å². The average Bonchev–Trinajstić information content (AvgIpc) is 2.56. The van der Waals surface area contributed by atoms with Gasteiger partial charge in [0.15, 0.2) is 14.9 Å². The Kier molecular flexibility index (Phi) is 6.57. The highest BCUT2D eigenvalue weighted by atomic mass is 32.2. The van der Waals surface area contributed by atoms with Crippen molar-refractivity contribution in [3.63, 3.8) is 0 Å². The third-order valence-corrected chi connectivity index (χ3v) is 6.39. The first-order chi connectivity index (χ1) is 11.7. The van der Waals surface area contributed by atoms with Crippen molar-refractivity contribution in [2.45, 2.75) is 51.0 Å². The first-order valence-electron chi connectivity index (χ1n) is 8.59. The van der Waals surface area contributed by atoms with Crippen LogP contribution in [0.3, 0.4) is 0 Å². The monoisotopic (exact) mass is 381 g/mol. The molecule has 1 saturated carbocycles. The van der Waals surface area contributed by atoms with E-state index in [0.717, 1.165) is 17.7 Å². The van der Waals surface area contributed by atoms with Gasteiger partial charge in [0.05, 0.1) is 10.6 Å². The maximum atomic E-state index is 11.5. The predicted octanol–water partition coefficient (Wildman–Crippen LogP) is 3.10. The summed E-state index contributed by atoms with van der Waals surface area (Å²) in [5.41, 5.74) is 4.49.